The van der Waals surface area contributed by atoms with Crippen LogP contribution < -0.4 is 14.2 Å². The quantitative estimate of drug-likeness (QED) is 0.522. The van der Waals surface area contributed by atoms with Crippen molar-refractivity contribution >= 4 is 17.8 Å². The number of carbonyl (C=O) groups is 3. The lowest BCUT2D eigenvalue weighted by molar-refractivity contribution is -0.149. The largest absolute Gasteiger partial charge is 0.493 e. The van der Waals surface area contributed by atoms with Gasteiger partial charge >= 0.3 is 5.97 Å². The van der Waals surface area contributed by atoms with Crippen molar-refractivity contribution in [3.05, 3.63) is 53.1 Å². The SMILES string of the molecule is COc1cc(COC(=O)[C@H](C)N2C(=O)c3ccccc3C2=O)cc(OC)c1OC. The number of nitrogens with zero attached hydrogens (tertiary/aromatic N) is 1. The van der Waals surface area contributed by atoms with Crippen LogP contribution in [0.25, 0.3) is 0 Å². The Morgan fingerprint density at radius 3 is 1.90 bits per heavy atom. The Labute approximate surface area is 167 Å². The van der Waals surface area contributed by atoms with Gasteiger partial charge in [-0.1, -0.05) is 12.1 Å². The molecule has 8 heteroatoms. The Morgan fingerprint density at radius 1 is 0.931 bits per heavy atom. The first-order chi connectivity index (χ1) is 13.9. The third kappa shape index (κ3) is 3.61. The molecule has 0 unspecified atom stereocenters. The van der Waals surface area contributed by atoms with Crippen molar-refractivity contribution < 1.29 is 33.3 Å². The number of imide groups is 1. The Kier molecular flexibility index (Phi) is 5.72. The molecule has 29 heavy (non-hydrogen) atoms. The molecule has 0 spiro atoms. The monoisotopic (exact) mass is 399 g/mol. The molecule has 0 saturated carbocycles. The first-order valence-corrected chi connectivity index (χ1v) is 8.85. The Balaban J connectivity index is 1.73. The van der Waals surface area contributed by atoms with Crippen LogP contribution in [0.5, 0.6) is 17.2 Å². The van der Waals surface area contributed by atoms with E-state index >= 15 is 0 Å². The predicted octanol–water partition coefficient (Wildman–Crippen LogP) is 2.44. The van der Waals surface area contributed by atoms with Gasteiger partial charge < -0.3 is 18.9 Å². The molecule has 3 rings (SSSR count). The topological polar surface area (TPSA) is 91.4 Å². The van der Waals surface area contributed by atoms with Crippen molar-refractivity contribution in [1.82, 2.24) is 4.90 Å². The van der Waals surface area contributed by atoms with Gasteiger partial charge in [-0.15, -0.1) is 0 Å². The van der Waals surface area contributed by atoms with Gasteiger partial charge in [0.25, 0.3) is 11.8 Å². The molecule has 0 aromatic heterocycles. The van der Waals surface area contributed by atoms with Crippen molar-refractivity contribution in [3.8, 4) is 17.2 Å². The molecule has 1 heterocycles. The summed E-state index contributed by atoms with van der Waals surface area (Å²) in [4.78, 5) is 38.5. The van der Waals surface area contributed by atoms with E-state index in [1.807, 2.05) is 0 Å². The molecular weight excluding hydrogens is 378 g/mol. The van der Waals surface area contributed by atoms with Crippen LogP contribution in [0.15, 0.2) is 36.4 Å². The number of fused-ring (bicyclic) bond motifs is 1. The standard InChI is InChI=1S/C21H21NO7/c1-12(22-19(23)14-7-5-6-8-15(14)20(22)24)21(25)29-11-13-9-16(26-2)18(28-4)17(10-13)27-3/h5-10,12H,11H2,1-4H3/t12-/m0/s1. The number of hydrogen-bond acceptors (Lipinski definition) is 7. The second-order valence-electron chi connectivity index (χ2n) is 6.34. The van der Waals surface area contributed by atoms with Crippen LogP contribution in [0.3, 0.4) is 0 Å². The van der Waals surface area contributed by atoms with Crippen LogP contribution in [-0.4, -0.2) is 50.1 Å². The van der Waals surface area contributed by atoms with E-state index in [1.54, 1.807) is 36.4 Å². The fourth-order valence-corrected chi connectivity index (χ4v) is 3.16. The molecule has 0 bridgehead atoms. The molecule has 2 amide bonds. The molecule has 1 atom stereocenters. The van der Waals surface area contributed by atoms with Crippen molar-refractivity contribution in [2.24, 2.45) is 0 Å². The van der Waals surface area contributed by atoms with Crippen LogP contribution in [0.4, 0.5) is 0 Å². The molecule has 0 N–H and O–H groups in total. The third-order valence-electron chi connectivity index (χ3n) is 4.66. The van der Waals surface area contributed by atoms with Gasteiger partial charge in [0.05, 0.1) is 32.5 Å². The molecule has 1 aliphatic rings. The number of carbonyl (C=O) groups excluding carboxylic acids is 3. The summed E-state index contributed by atoms with van der Waals surface area (Å²) in [7, 11) is 4.46. The Hall–Kier alpha value is -3.55. The van der Waals surface area contributed by atoms with E-state index in [1.165, 1.54) is 28.3 Å². The summed E-state index contributed by atoms with van der Waals surface area (Å²) in [6.45, 7) is 1.36. The van der Waals surface area contributed by atoms with E-state index < -0.39 is 23.8 Å². The average molecular weight is 399 g/mol. The maximum absolute atomic E-state index is 12.5. The van der Waals surface area contributed by atoms with Crippen molar-refractivity contribution in [2.45, 2.75) is 19.6 Å². The summed E-state index contributed by atoms with van der Waals surface area (Å²) < 4.78 is 21.1. The molecule has 0 saturated heterocycles. The number of methoxy groups -OCH3 is 3. The highest BCUT2D eigenvalue weighted by Gasteiger charge is 2.41. The van der Waals surface area contributed by atoms with Crippen LogP contribution in [-0.2, 0) is 16.1 Å². The summed E-state index contributed by atoms with van der Waals surface area (Å²) >= 11 is 0. The Bertz CT molecular complexity index is 909. The van der Waals surface area contributed by atoms with Gasteiger partial charge in [0.2, 0.25) is 5.75 Å². The van der Waals surface area contributed by atoms with Crippen molar-refractivity contribution in [1.29, 1.82) is 0 Å². The summed E-state index contributed by atoms with van der Waals surface area (Å²) in [6, 6.07) is 8.70. The highest BCUT2D eigenvalue weighted by molar-refractivity contribution is 6.22. The van der Waals surface area contributed by atoms with E-state index in [9.17, 15) is 14.4 Å². The summed E-state index contributed by atoms with van der Waals surface area (Å²) in [5.74, 6) is -0.457. The second kappa shape index (κ2) is 8.22. The number of amides is 2. The minimum atomic E-state index is -1.07. The number of benzene rings is 2. The maximum atomic E-state index is 12.5. The van der Waals surface area contributed by atoms with E-state index in [4.69, 9.17) is 18.9 Å². The maximum Gasteiger partial charge on any atom is 0.329 e. The molecule has 2 aromatic rings. The van der Waals surface area contributed by atoms with E-state index in [0.717, 1.165) is 4.90 Å². The summed E-state index contributed by atoms with van der Waals surface area (Å²) in [5.41, 5.74) is 1.16. The van der Waals surface area contributed by atoms with Crippen molar-refractivity contribution in [3.63, 3.8) is 0 Å². The lowest BCUT2D eigenvalue weighted by Gasteiger charge is -2.21. The van der Waals surface area contributed by atoms with Gasteiger partial charge in [-0.3, -0.25) is 14.5 Å². The highest BCUT2D eigenvalue weighted by Crippen LogP contribution is 2.38. The molecule has 0 aliphatic carbocycles. The number of esters is 1. The zero-order valence-corrected chi connectivity index (χ0v) is 16.6. The first-order valence-electron chi connectivity index (χ1n) is 8.85. The van der Waals surface area contributed by atoms with E-state index in [-0.39, 0.29) is 17.7 Å². The number of hydrogen-bond donors (Lipinski definition) is 0. The van der Waals surface area contributed by atoms with Gasteiger partial charge in [0, 0.05) is 0 Å². The highest BCUT2D eigenvalue weighted by atomic mass is 16.5. The molecule has 1 aliphatic heterocycles. The molecule has 0 radical (unpaired) electrons. The van der Waals surface area contributed by atoms with Gasteiger partial charge in [-0.2, -0.15) is 0 Å². The van der Waals surface area contributed by atoms with Gasteiger partial charge in [0.1, 0.15) is 12.6 Å². The molecule has 152 valence electrons. The lowest BCUT2D eigenvalue weighted by atomic mass is 10.1. The van der Waals surface area contributed by atoms with Crippen LogP contribution in [0.2, 0.25) is 0 Å². The average Bonchev–Trinajstić information content (AvgIpc) is 3.00. The normalized spacial score (nSPS) is 13.7. The predicted molar refractivity (Wildman–Crippen MR) is 102 cm³/mol. The molecular formula is C21H21NO7. The summed E-state index contributed by atoms with van der Waals surface area (Å²) in [5, 5.41) is 0. The number of rotatable bonds is 7. The summed E-state index contributed by atoms with van der Waals surface area (Å²) in [6.07, 6.45) is 0. The lowest BCUT2D eigenvalue weighted by Crippen LogP contribution is -2.43. The number of ether oxygens (including phenoxy) is 4. The molecule has 2 aromatic carbocycles. The fraction of sp³-hybridized carbons (Fsp3) is 0.286. The van der Waals surface area contributed by atoms with Gasteiger partial charge in [0.15, 0.2) is 11.5 Å². The fourth-order valence-electron chi connectivity index (χ4n) is 3.16. The van der Waals surface area contributed by atoms with E-state index in [0.29, 0.717) is 22.8 Å². The van der Waals surface area contributed by atoms with Crippen LogP contribution in [0.1, 0.15) is 33.2 Å². The minimum absolute atomic E-state index is 0.0942. The molecule has 8 nitrogen and oxygen atoms in total. The Morgan fingerprint density at radius 2 is 1.45 bits per heavy atom. The minimum Gasteiger partial charge on any atom is -0.493 e. The third-order valence-corrected chi connectivity index (χ3v) is 4.66. The first kappa shape index (κ1) is 20.2. The molecule has 0 fully saturated rings. The zero-order valence-electron chi connectivity index (χ0n) is 16.6. The van der Waals surface area contributed by atoms with Crippen molar-refractivity contribution in [2.75, 3.05) is 21.3 Å². The van der Waals surface area contributed by atoms with Crippen LogP contribution >= 0.6 is 0 Å². The van der Waals surface area contributed by atoms with E-state index in [2.05, 4.69) is 0 Å². The van der Waals surface area contributed by atoms with Crippen LogP contribution in [0, 0.1) is 0 Å². The second-order valence-corrected chi connectivity index (χ2v) is 6.34. The van der Waals surface area contributed by atoms with Gasteiger partial charge in [-0.05, 0) is 36.8 Å². The zero-order chi connectivity index (χ0) is 21.1. The smallest absolute Gasteiger partial charge is 0.329 e. The van der Waals surface area contributed by atoms with Gasteiger partial charge in [-0.25, -0.2) is 4.79 Å².